The lowest BCUT2D eigenvalue weighted by atomic mass is 9.71. The van der Waals surface area contributed by atoms with Crippen LogP contribution in [0.15, 0.2) is 23.8 Å². The minimum atomic E-state index is -0.745. The van der Waals surface area contributed by atoms with Gasteiger partial charge in [-0.2, -0.15) is 0 Å². The van der Waals surface area contributed by atoms with Gasteiger partial charge in [-0.25, -0.2) is 0 Å². The molecule has 0 aromatic carbocycles. The number of Topliss-reactive ketones (excluding diaryl/α,β-unsaturated/α-hetero) is 4. The van der Waals surface area contributed by atoms with Gasteiger partial charge in [0.05, 0.1) is 11.5 Å². The Morgan fingerprint density at radius 3 is 1.70 bits per heavy atom. The largest absolute Gasteiger partial charge is 0.299 e. The molecule has 0 radical (unpaired) electrons. The molecular weight excluding hydrogens is 292 g/mol. The molecule has 0 aromatic rings. The molecule has 124 valence electrons. The molecule has 0 saturated heterocycles. The summed E-state index contributed by atoms with van der Waals surface area (Å²) in [5, 5.41) is 0. The van der Waals surface area contributed by atoms with E-state index >= 15 is 0 Å². The average molecular weight is 316 g/mol. The van der Waals surface area contributed by atoms with Crippen molar-refractivity contribution in [2.45, 2.75) is 53.4 Å². The van der Waals surface area contributed by atoms with Crippen LogP contribution >= 0.6 is 0 Å². The lowest BCUT2D eigenvalue weighted by Gasteiger charge is -2.30. The van der Waals surface area contributed by atoms with E-state index in [2.05, 4.69) is 0 Å². The second kappa shape index (κ2) is 5.99. The molecule has 4 heteroatoms. The number of ketones is 4. The highest BCUT2D eigenvalue weighted by Crippen LogP contribution is 2.35. The van der Waals surface area contributed by atoms with Crippen LogP contribution < -0.4 is 0 Å². The first-order chi connectivity index (χ1) is 10.5. The monoisotopic (exact) mass is 316 g/mol. The van der Waals surface area contributed by atoms with Crippen LogP contribution in [-0.2, 0) is 19.2 Å². The number of carbonyl (C=O) groups excluding carboxylic acids is 4. The molecule has 2 aliphatic carbocycles. The van der Waals surface area contributed by atoms with Crippen LogP contribution in [0.5, 0.6) is 0 Å². The minimum Gasteiger partial charge on any atom is -0.299 e. The van der Waals surface area contributed by atoms with Gasteiger partial charge in [0.15, 0.2) is 11.6 Å². The quantitative estimate of drug-likeness (QED) is 0.446. The molecule has 0 spiro atoms. The molecule has 0 atom stereocenters. The Balaban J connectivity index is 2.12. The van der Waals surface area contributed by atoms with Crippen LogP contribution in [-0.4, -0.2) is 23.1 Å². The lowest BCUT2D eigenvalue weighted by Crippen LogP contribution is -2.36. The van der Waals surface area contributed by atoms with Crippen LogP contribution in [0.1, 0.15) is 53.4 Å². The van der Waals surface area contributed by atoms with Gasteiger partial charge in [0.25, 0.3) is 0 Å². The summed E-state index contributed by atoms with van der Waals surface area (Å²) in [5.74, 6) is -1.27. The number of hydrogen-bond donors (Lipinski definition) is 0. The Kier molecular flexibility index (Phi) is 4.56. The van der Waals surface area contributed by atoms with Gasteiger partial charge in [-0.3, -0.25) is 19.2 Å². The minimum absolute atomic E-state index is 0.0941. The van der Waals surface area contributed by atoms with E-state index in [1.54, 1.807) is 0 Å². The van der Waals surface area contributed by atoms with Crippen LogP contribution in [0.3, 0.4) is 0 Å². The van der Waals surface area contributed by atoms with Gasteiger partial charge in [-0.1, -0.05) is 39.8 Å². The predicted octanol–water partition coefficient (Wildman–Crippen LogP) is 3.00. The Labute approximate surface area is 137 Å². The predicted molar refractivity (Wildman–Crippen MR) is 86.8 cm³/mol. The van der Waals surface area contributed by atoms with E-state index in [0.717, 1.165) is 0 Å². The van der Waals surface area contributed by atoms with E-state index in [0.29, 0.717) is 25.7 Å². The van der Waals surface area contributed by atoms with Crippen molar-refractivity contribution in [3.8, 4) is 0 Å². The Bertz CT molecular complexity index is 590. The zero-order chi connectivity index (χ0) is 17.4. The summed E-state index contributed by atoms with van der Waals surface area (Å²) in [7, 11) is 0. The number of carbonyl (C=O) groups is 4. The second-order valence-corrected chi connectivity index (χ2v) is 8.26. The molecule has 2 fully saturated rings. The molecule has 0 N–H and O–H groups in total. The highest BCUT2D eigenvalue weighted by molar-refractivity contribution is 6.22. The van der Waals surface area contributed by atoms with Crippen LogP contribution in [0.25, 0.3) is 0 Å². The van der Waals surface area contributed by atoms with Crippen LogP contribution in [0, 0.1) is 16.7 Å². The van der Waals surface area contributed by atoms with E-state index in [9.17, 15) is 19.2 Å². The summed E-state index contributed by atoms with van der Waals surface area (Å²) >= 11 is 0. The van der Waals surface area contributed by atoms with Crippen molar-refractivity contribution >= 4 is 23.1 Å². The van der Waals surface area contributed by atoms with Crippen molar-refractivity contribution in [1.29, 1.82) is 0 Å². The van der Waals surface area contributed by atoms with Crippen LogP contribution in [0.4, 0.5) is 0 Å². The third-order valence-electron chi connectivity index (χ3n) is 4.44. The molecule has 0 amide bonds. The van der Waals surface area contributed by atoms with Crippen molar-refractivity contribution in [3.63, 3.8) is 0 Å². The van der Waals surface area contributed by atoms with E-state index in [-0.39, 0.29) is 39.5 Å². The number of rotatable bonds is 2. The molecule has 0 heterocycles. The topological polar surface area (TPSA) is 68.3 Å². The zero-order valence-electron chi connectivity index (χ0n) is 14.3. The van der Waals surface area contributed by atoms with Gasteiger partial charge in [0.1, 0.15) is 11.6 Å². The maximum atomic E-state index is 12.1. The normalized spacial score (nSPS) is 25.3. The van der Waals surface area contributed by atoms with E-state index in [1.807, 2.05) is 27.7 Å². The third kappa shape index (κ3) is 4.12. The molecule has 0 aliphatic heterocycles. The molecule has 0 bridgehead atoms. The Morgan fingerprint density at radius 1 is 0.783 bits per heavy atom. The highest BCUT2D eigenvalue weighted by atomic mass is 16.2. The maximum Gasteiger partial charge on any atom is 0.166 e. The van der Waals surface area contributed by atoms with Gasteiger partial charge >= 0.3 is 0 Å². The summed E-state index contributed by atoms with van der Waals surface area (Å²) in [6.07, 6.45) is 5.92. The smallest absolute Gasteiger partial charge is 0.166 e. The summed E-state index contributed by atoms with van der Waals surface area (Å²) in [5.41, 5.74) is -0.398. The van der Waals surface area contributed by atoms with Crippen molar-refractivity contribution in [1.82, 2.24) is 0 Å². The molecule has 2 rings (SSSR count). The molecule has 4 nitrogen and oxygen atoms in total. The van der Waals surface area contributed by atoms with Gasteiger partial charge in [0.2, 0.25) is 0 Å². The van der Waals surface area contributed by atoms with Gasteiger partial charge in [0, 0.05) is 25.7 Å². The van der Waals surface area contributed by atoms with Crippen molar-refractivity contribution in [2.24, 2.45) is 16.7 Å². The third-order valence-corrected chi connectivity index (χ3v) is 4.44. The molecular formula is C19H24O4. The first kappa shape index (κ1) is 17.5. The summed E-state index contributed by atoms with van der Waals surface area (Å²) in [4.78, 5) is 48.3. The van der Waals surface area contributed by atoms with E-state index in [4.69, 9.17) is 0 Å². The van der Waals surface area contributed by atoms with E-state index in [1.165, 1.54) is 18.2 Å². The number of allylic oxidation sites excluding steroid dienone is 4. The van der Waals surface area contributed by atoms with Crippen molar-refractivity contribution in [2.75, 3.05) is 0 Å². The molecule has 2 saturated carbocycles. The van der Waals surface area contributed by atoms with Gasteiger partial charge in [-0.05, 0) is 16.9 Å². The standard InChI is InChI=1S/C19H24O4/c1-18(2)8-14(20)12(15(21)9-18)6-5-7-13-16(22)10-19(3,4)11-17(13)23/h5-7,12H,8-11H2,1-4H3. The Hall–Kier alpha value is -1.84. The van der Waals surface area contributed by atoms with Crippen LogP contribution in [0.2, 0.25) is 0 Å². The fraction of sp³-hybridized carbons (Fsp3) is 0.579. The van der Waals surface area contributed by atoms with Crippen molar-refractivity contribution in [3.05, 3.63) is 23.8 Å². The fourth-order valence-corrected chi connectivity index (χ4v) is 3.35. The lowest BCUT2D eigenvalue weighted by molar-refractivity contribution is -0.137. The summed E-state index contributed by atoms with van der Waals surface area (Å²) in [6, 6.07) is 0. The molecule has 23 heavy (non-hydrogen) atoms. The van der Waals surface area contributed by atoms with Crippen molar-refractivity contribution < 1.29 is 19.2 Å². The highest BCUT2D eigenvalue weighted by Gasteiger charge is 2.38. The Morgan fingerprint density at radius 2 is 1.22 bits per heavy atom. The van der Waals surface area contributed by atoms with Gasteiger partial charge < -0.3 is 0 Å². The SMILES string of the molecule is CC1(C)CC(=O)C(=CC=CC2C(=O)CC(C)(C)CC2=O)C(=O)C1. The molecule has 2 aliphatic rings. The second-order valence-electron chi connectivity index (χ2n) is 8.26. The first-order valence-corrected chi connectivity index (χ1v) is 8.01. The number of hydrogen-bond acceptors (Lipinski definition) is 4. The fourth-order valence-electron chi connectivity index (χ4n) is 3.35. The molecule has 0 aromatic heterocycles. The zero-order valence-corrected chi connectivity index (χ0v) is 14.3. The summed E-state index contributed by atoms with van der Waals surface area (Å²) < 4.78 is 0. The first-order valence-electron chi connectivity index (χ1n) is 8.01. The maximum absolute atomic E-state index is 12.1. The average Bonchev–Trinajstić information content (AvgIpc) is 2.32. The molecule has 0 unspecified atom stereocenters. The van der Waals surface area contributed by atoms with E-state index < -0.39 is 5.92 Å². The summed E-state index contributed by atoms with van der Waals surface area (Å²) in [6.45, 7) is 7.62. The van der Waals surface area contributed by atoms with Gasteiger partial charge in [-0.15, -0.1) is 0 Å².